The molecule has 0 spiro atoms. The van der Waals surface area contributed by atoms with Gasteiger partial charge in [-0.2, -0.15) is 4.98 Å². The van der Waals surface area contributed by atoms with Crippen LogP contribution in [0.4, 0.5) is 0 Å². The molecule has 1 aliphatic rings. The van der Waals surface area contributed by atoms with Gasteiger partial charge in [-0.3, -0.25) is 0 Å². The van der Waals surface area contributed by atoms with E-state index in [1.54, 1.807) is 14.2 Å². The molecule has 1 saturated carbocycles. The van der Waals surface area contributed by atoms with Gasteiger partial charge in [0, 0.05) is 26.7 Å². The molecule has 6 nitrogen and oxygen atoms in total. The van der Waals surface area contributed by atoms with Crippen LogP contribution in [-0.2, 0) is 21.5 Å². The zero-order valence-corrected chi connectivity index (χ0v) is 12.6. The molecule has 1 aromatic rings. The van der Waals surface area contributed by atoms with E-state index in [1.807, 2.05) is 0 Å². The highest BCUT2D eigenvalue weighted by atomic mass is 16.5. The van der Waals surface area contributed by atoms with E-state index in [9.17, 15) is 0 Å². The van der Waals surface area contributed by atoms with Crippen LogP contribution in [0, 0.1) is 5.92 Å². The van der Waals surface area contributed by atoms with E-state index in [0.717, 1.165) is 31.6 Å². The summed E-state index contributed by atoms with van der Waals surface area (Å²) < 4.78 is 16.1. The Balaban J connectivity index is 2.06. The standard InChI is InChI=1S/C14H25N3O3/c1-10-4-6-14(19-3,7-5-10)13-16-12(20-17-13)8-11(15)9-18-2/h10-11H,4-9,15H2,1-3H3. The lowest BCUT2D eigenvalue weighted by Gasteiger charge is -2.35. The van der Waals surface area contributed by atoms with Gasteiger partial charge >= 0.3 is 0 Å². The van der Waals surface area contributed by atoms with Crippen molar-refractivity contribution in [2.45, 2.75) is 50.7 Å². The Hall–Kier alpha value is -0.980. The molecule has 2 N–H and O–H groups in total. The second kappa shape index (κ2) is 6.65. The first-order valence-electron chi connectivity index (χ1n) is 7.22. The Morgan fingerprint density at radius 2 is 2.10 bits per heavy atom. The van der Waals surface area contributed by atoms with Gasteiger partial charge in [-0.05, 0) is 31.6 Å². The van der Waals surface area contributed by atoms with Gasteiger partial charge in [-0.25, -0.2) is 0 Å². The number of aromatic nitrogens is 2. The van der Waals surface area contributed by atoms with E-state index in [1.165, 1.54) is 0 Å². The first-order valence-corrected chi connectivity index (χ1v) is 7.22. The summed E-state index contributed by atoms with van der Waals surface area (Å²) in [7, 11) is 3.35. The number of ether oxygens (including phenoxy) is 2. The van der Waals surface area contributed by atoms with Crippen molar-refractivity contribution in [3.63, 3.8) is 0 Å². The van der Waals surface area contributed by atoms with Gasteiger partial charge in [0.1, 0.15) is 5.60 Å². The molecule has 114 valence electrons. The van der Waals surface area contributed by atoms with Crippen LogP contribution in [-0.4, -0.2) is 37.0 Å². The van der Waals surface area contributed by atoms with Gasteiger partial charge in [0.05, 0.1) is 6.61 Å². The number of hydrogen-bond donors (Lipinski definition) is 1. The fraction of sp³-hybridized carbons (Fsp3) is 0.857. The molecule has 0 saturated heterocycles. The van der Waals surface area contributed by atoms with E-state index in [0.29, 0.717) is 24.7 Å². The zero-order valence-electron chi connectivity index (χ0n) is 12.6. The second-order valence-corrected chi connectivity index (χ2v) is 5.81. The average Bonchev–Trinajstić information content (AvgIpc) is 2.89. The molecule has 6 heteroatoms. The Bertz CT molecular complexity index is 414. The molecular formula is C14H25N3O3. The molecule has 20 heavy (non-hydrogen) atoms. The van der Waals surface area contributed by atoms with Crippen LogP contribution in [0.2, 0.25) is 0 Å². The number of rotatable bonds is 6. The lowest BCUT2D eigenvalue weighted by Crippen LogP contribution is -2.34. The monoisotopic (exact) mass is 283 g/mol. The normalized spacial score (nSPS) is 28.5. The fourth-order valence-corrected chi connectivity index (χ4v) is 2.77. The maximum absolute atomic E-state index is 5.90. The van der Waals surface area contributed by atoms with E-state index in [4.69, 9.17) is 19.7 Å². The average molecular weight is 283 g/mol. The van der Waals surface area contributed by atoms with Crippen molar-refractivity contribution in [3.8, 4) is 0 Å². The van der Waals surface area contributed by atoms with E-state index in [2.05, 4.69) is 17.1 Å². The van der Waals surface area contributed by atoms with Gasteiger partial charge < -0.3 is 19.7 Å². The van der Waals surface area contributed by atoms with Crippen LogP contribution in [0.15, 0.2) is 4.52 Å². The number of methoxy groups -OCH3 is 2. The van der Waals surface area contributed by atoms with Crippen LogP contribution in [0.5, 0.6) is 0 Å². The number of hydrogen-bond acceptors (Lipinski definition) is 6. The van der Waals surface area contributed by atoms with Crippen molar-refractivity contribution < 1.29 is 14.0 Å². The molecule has 1 heterocycles. The summed E-state index contributed by atoms with van der Waals surface area (Å²) >= 11 is 0. The summed E-state index contributed by atoms with van der Waals surface area (Å²) in [6.45, 7) is 2.75. The highest BCUT2D eigenvalue weighted by Crippen LogP contribution is 2.40. The smallest absolute Gasteiger partial charge is 0.228 e. The Morgan fingerprint density at radius 1 is 1.40 bits per heavy atom. The van der Waals surface area contributed by atoms with Crippen LogP contribution in [0.25, 0.3) is 0 Å². The van der Waals surface area contributed by atoms with Crippen molar-refractivity contribution in [1.29, 1.82) is 0 Å². The van der Waals surface area contributed by atoms with Crippen LogP contribution < -0.4 is 5.73 Å². The summed E-state index contributed by atoms with van der Waals surface area (Å²) in [5.41, 5.74) is 5.51. The number of nitrogens with two attached hydrogens (primary N) is 1. The molecular weight excluding hydrogens is 258 g/mol. The van der Waals surface area contributed by atoms with Crippen molar-refractivity contribution >= 4 is 0 Å². The first kappa shape index (κ1) is 15.4. The highest BCUT2D eigenvalue weighted by molar-refractivity contribution is 5.04. The molecule has 1 unspecified atom stereocenters. The van der Waals surface area contributed by atoms with Gasteiger partial charge in [-0.1, -0.05) is 12.1 Å². The Morgan fingerprint density at radius 3 is 2.70 bits per heavy atom. The molecule has 0 radical (unpaired) electrons. The predicted molar refractivity (Wildman–Crippen MR) is 74.2 cm³/mol. The third kappa shape index (κ3) is 3.37. The first-order chi connectivity index (χ1) is 9.59. The fourth-order valence-electron chi connectivity index (χ4n) is 2.77. The van der Waals surface area contributed by atoms with Crippen LogP contribution in [0.1, 0.15) is 44.3 Å². The maximum atomic E-state index is 5.90. The highest BCUT2D eigenvalue weighted by Gasteiger charge is 2.40. The summed E-state index contributed by atoms with van der Waals surface area (Å²) in [6.07, 6.45) is 4.65. The van der Waals surface area contributed by atoms with Crippen LogP contribution in [0.3, 0.4) is 0 Å². The minimum Gasteiger partial charge on any atom is -0.383 e. The molecule has 2 rings (SSSR count). The summed E-state index contributed by atoms with van der Waals surface area (Å²) in [4.78, 5) is 4.49. The third-order valence-corrected chi connectivity index (χ3v) is 4.17. The van der Waals surface area contributed by atoms with Crippen molar-refractivity contribution in [1.82, 2.24) is 10.1 Å². The van der Waals surface area contributed by atoms with E-state index in [-0.39, 0.29) is 11.6 Å². The van der Waals surface area contributed by atoms with E-state index >= 15 is 0 Å². The molecule has 1 aliphatic carbocycles. The van der Waals surface area contributed by atoms with E-state index < -0.39 is 0 Å². The topological polar surface area (TPSA) is 83.4 Å². The third-order valence-electron chi connectivity index (χ3n) is 4.17. The SMILES string of the molecule is COCC(N)Cc1nc(C2(OC)CCC(C)CC2)no1. The Labute approximate surface area is 120 Å². The molecule has 0 aromatic carbocycles. The summed E-state index contributed by atoms with van der Waals surface area (Å²) in [5.74, 6) is 1.95. The van der Waals surface area contributed by atoms with Gasteiger partial charge in [-0.15, -0.1) is 0 Å². The van der Waals surface area contributed by atoms with Crippen molar-refractivity contribution in [2.75, 3.05) is 20.8 Å². The van der Waals surface area contributed by atoms with Gasteiger partial charge in [0.2, 0.25) is 11.7 Å². The second-order valence-electron chi connectivity index (χ2n) is 5.81. The largest absolute Gasteiger partial charge is 0.383 e. The number of nitrogens with zero attached hydrogens (tertiary/aromatic N) is 2. The zero-order chi connectivity index (χ0) is 14.6. The van der Waals surface area contributed by atoms with Gasteiger partial charge in [0.25, 0.3) is 0 Å². The lowest BCUT2D eigenvalue weighted by molar-refractivity contribution is -0.0609. The summed E-state index contributed by atoms with van der Waals surface area (Å²) in [5, 5.41) is 4.11. The van der Waals surface area contributed by atoms with Crippen LogP contribution >= 0.6 is 0 Å². The molecule has 0 aliphatic heterocycles. The Kier molecular flexibility index (Phi) is 5.12. The molecule has 0 amide bonds. The minimum atomic E-state index is -0.389. The predicted octanol–water partition coefficient (Wildman–Crippen LogP) is 1.64. The molecule has 1 fully saturated rings. The molecule has 0 bridgehead atoms. The molecule has 1 atom stereocenters. The van der Waals surface area contributed by atoms with Gasteiger partial charge in [0.15, 0.2) is 0 Å². The maximum Gasteiger partial charge on any atom is 0.228 e. The minimum absolute atomic E-state index is 0.127. The van der Waals surface area contributed by atoms with Crippen molar-refractivity contribution in [2.24, 2.45) is 11.7 Å². The van der Waals surface area contributed by atoms with Crippen molar-refractivity contribution in [3.05, 3.63) is 11.7 Å². The quantitative estimate of drug-likeness (QED) is 0.854. The molecule has 1 aromatic heterocycles. The summed E-state index contributed by atoms with van der Waals surface area (Å²) in [6, 6.07) is -0.127. The lowest BCUT2D eigenvalue weighted by atomic mass is 9.79.